The molecule has 0 saturated heterocycles. The van der Waals surface area contributed by atoms with Crippen LogP contribution in [0.3, 0.4) is 0 Å². The van der Waals surface area contributed by atoms with E-state index in [1.54, 1.807) is 35.2 Å². The normalized spacial score (nSPS) is 10.9. The lowest BCUT2D eigenvalue weighted by molar-refractivity contribution is 0.411. The van der Waals surface area contributed by atoms with Gasteiger partial charge in [-0.15, -0.1) is 0 Å². The van der Waals surface area contributed by atoms with Crippen LogP contribution in [0.2, 0.25) is 0 Å². The number of fused-ring (bicyclic) bond motifs is 1. The summed E-state index contributed by atoms with van der Waals surface area (Å²) in [6.07, 6.45) is 2.07. The number of ether oxygens (including phenoxy) is 1. The van der Waals surface area contributed by atoms with E-state index in [0.29, 0.717) is 16.3 Å². The lowest BCUT2D eigenvalue weighted by Gasteiger charge is -2.15. The van der Waals surface area contributed by atoms with Crippen LogP contribution in [-0.4, -0.2) is 34.4 Å². The van der Waals surface area contributed by atoms with Crippen LogP contribution < -0.4 is 10.3 Å². The fourth-order valence-electron chi connectivity index (χ4n) is 2.45. The van der Waals surface area contributed by atoms with Gasteiger partial charge in [0.05, 0.1) is 23.7 Å². The number of hydrogen-bond acceptors (Lipinski definition) is 5. The van der Waals surface area contributed by atoms with Crippen LogP contribution in [0.25, 0.3) is 16.6 Å². The molecule has 1 heterocycles. The van der Waals surface area contributed by atoms with Crippen molar-refractivity contribution in [1.82, 2.24) is 9.55 Å². The molecule has 0 bridgehead atoms. The maximum Gasteiger partial charge on any atom is 0.266 e. The van der Waals surface area contributed by atoms with E-state index in [-0.39, 0.29) is 5.56 Å². The molecule has 0 aliphatic heterocycles. The Labute approximate surface area is 149 Å². The van der Waals surface area contributed by atoms with Crippen LogP contribution in [0.4, 0.5) is 0 Å². The van der Waals surface area contributed by atoms with Crippen molar-refractivity contribution in [1.29, 1.82) is 0 Å². The molecule has 1 aromatic heterocycles. The van der Waals surface area contributed by atoms with Crippen LogP contribution in [0.5, 0.6) is 5.75 Å². The average molecular weight is 358 g/mol. The van der Waals surface area contributed by atoms with Gasteiger partial charge in [-0.05, 0) is 30.5 Å². The molecule has 0 amide bonds. The van der Waals surface area contributed by atoms with Crippen LogP contribution in [0.1, 0.15) is 0 Å². The number of benzene rings is 2. The number of para-hydroxylation sites is 3. The molecule has 0 N–H and O–H groups in total. The van der Waals surface area contributed by atoms with Crippen molar-refractivity contribution < 1.29 is 4.74 Å². The lowest BCUT2D eigenvalue weighted by atomic mass is 10.2. The second-order valence-electron chi connectivity index (χ2n) is 5.07. The van der Waals surface area contributed by atoms with Crippen molar-refractivity contribution in [3.8, 4) is 11.4 Å². The number of methoxy groups -OCH3 is 1. The topological polar surface area (TPSA) is 44.1 Å². The van der Waals surface area contributed by atoms with E-state index in [9.17, 15) is 4.79 Å². The summed E-state index contributed by atoms with van der Waals surface area (Å²) >= 11 is 3.37. The summed E-state index contributed by atoms with van der Waals surface area (Å²) in [6.45, 7) is 0. The van der Waals surface area contributed by atoms with Crippen LogP contribution in [-0.2, 0) is 0 Å². The molecule has 0 unspecified atom stereocenters. The van der Waals surface area contributed by atoms with Crippen molar-refractivity contribution in [3.05, 3.63) is 58.9 Å². The van der Waals surface area contributed by atoms with Gasteiger partial charge in [-0.2, -0.15) is 11.8 Å². The highest BCUT2D eigenvalue weighted by Gasteiger charge is 2.15. The molecule has 3 aromatic rings. The van der Waals surface area contributed by atoms with Gasteiger partial charge in [0.2, 0.25) is 0 Å². The summed E-state index contributed by atoms with van der Waals surface area (Å²) in [5.41, 5.74) is 1.37. The highest BCUT2D eigenvalue weighted by molar-refractivity contribution is 8.02. The van der Waals surface area contributed by atoms with Crippen LogP contribution >= 0.6 is 23.5 Å². The first-order chi connectivity index (χ1) is 11.8. The van der Waals surface area contributed by atoms with Crippen LogP contribution in [0.15, 0.2) is 58.5 Å². The first-order valence-corrected chi connectivity index (χ1v) is 9.91. The Hall–Kier alpha value is -1.92. The van der Waals surface area contributed by atoms with Gasteiger partial charge in [0.15, 0.2) is 5.16 Å². The first kappa shape index (κ1) is 16.9. The molecule has 0 aliphatic carbocycles. The van der Waals surface area contributed by atoms with Crippen molar-refractivity contribution in [3.63, 3.8) is 0 Å². The van der Waals surface area contributed by atoms with Crippen molar-refractivity contribution in [2.24, 2.45) is 0 Å². The molecule has 6 heteroatoms. The minimum absolute atomic E-state index is 0.0725. The molecular formula is C18H18N2O2S2. The standard InChI is InChI=1S/C18H18N2O2S2/c1-22-16-10-6-5-9-15(16)20-17(21)13-7-3-4-8-14(13)19-18(20)24-12-11-23-2/h3-10H,11-12H2,1-2H3. The Morgan fingerprint density at radius 1 is 1.08 bits per heavy atom. The summed E-state index contributed by atoms with van der Waals surface area (Å²) in [7, 11) is 1.61. The lowest BCUT2D eigenvalue weighted by Crippen LogP contribution is -2.22. The van der Waals surface area contributed by atoms with E-state index in [4.69, 9.17) is 9.72 Å². The van der Waals surface area contributed by atoms with Gasteiger partial charge in [-0.3, -0.25) is 9.36 Å². The fourth-order valence-corrected chi connectivity index (χ4v) is 4.11. The van der Waals surface area contributed by atoms with Gasteiger partial charge >= 0.3 is 0 Å². The molecule has 24 heavy (non-hydrogen) atoms. The highest BCUT2D eigenvalue weighted by Crippen LogP contribution is 2.27. The van der Waals surface area contributed by atoms with Crippen molar-refractivity contribution >= 4 is 34.4 Å². The van der Waals surface area contributed by atoms with E-state index in [2.05, 4.69) is 6.26 Å². The summed E-state index contributed by atoms with van der Waals surface area (Å²) in [5, 5.41) is 1.30. The molecule has 3 rings (SSSR count). The average Bonchev–Trinajstić information content (AvgIpc) is 2.62. The molecular weight excluding hydrogens is 340 g/mol. The minimum Gasteiger partial charge on any atom is -0.495 e. The Balaban J connectivity index is 2.25. The van der Waals surface area contributed by atoms with Crippen molar-refractivity contribution in [2.75, 3.05) is 24.9 Å². The Morgan fingerprint density at radius 2 is 1.83 bits per heavy atom. The number of hydrogen-bond donors (Lipinski definition) is 0. The predicted octanol–water partition coefficient (Wildman–Crippen LogP) is 3.85. The predicted molar refractivity (Wildman–Crippen MR) is 103 cm³/mol. The monoisotopic (exact) mass is 358 g/mol. The first-order valence-electron chi connectivity index (χ1n) is 7.53. The maximum absolute atomic E-state index is 13.1. The Morgan fingerprint density at radius 3 is 2.62 bits per heavy atom. The second-order valence-corrected chi connectivity index (χ2v) is 7.11. The molecule has 0 saturated carbocycles. The quantitative estimate of drug-likeness (QED) is 0.380. The van der Waals surface area contributed by atoms with E-state index >= 15 is 0 Å². The highest BCUT2D eigenvalue weighted by atomic mass is 32.2. The second kappa shape index (κ2) is 7.77. The molecule has 2 aromatic carbocycles. The molecule has 0 fully saturated rings. The number of thioether (sulfide) groups is 2. The van der Waals surface area contributed by atoms with Gasteiger partial charge in [-0.25, -0.2) is 4.98 Å². The van der Waals surface area contributed by atoms with Crippen LogP contribution in [0, 0.1) is 0 Å². The third kappa shape index (κ3) is 3.30. The summed E-state index contributed by atoms with van der Waals surface area (Å²) in [5.74, 6) is 2.55. The van der Waals surface area contributed by atoms with E-state index in [0.717, 1.165) is 22.7 Å². The molecule has 0 radical (unpaired) electrons. The summed E-state index contributed by atoms with van der Waals surface area (Å²) in [6, 6.07) is 15.0. The van der Waals surface area contributed by atoms with Gasteiger partial charge in [0.25, 0.3) is 5.56 Å². The minimum atomic E-state index is -0.0725. The summed E-state index contributed by atoms with van der Waals surface area (Å²) < 4.78 is 7.11. The number of nitrogens with zero attached hydrogens (tertiary/aromatic N) is 2. The maximum atomic E-state index is 13.1. The molecule has 124 valence electrons. The third-order valence-electron chi connectivity index (χ3n) is 3.59. The zero-order chi connectivity index (χ0) is 16.9. The molecule has 4 nitrogen and oxygen atoms in total. The number of rotatable bonds is 6. The Bertz CT molecular complexity index is 909. The third-order valence-corrected chi connectivity index (χ3v) is 5.40. The Kier molecular flexibility index (Phi) is 5.48. The van der Waals surface area contributed by atoms with Gasteiger partial charge < -0.3 is 4.74 Å². The largest absolute Gasteiger partial charge is 0.495 e. The smallest absolute Gasteiger partial charge is 0.266 e. The zero-order valence-corrected chi connectivity index (χ0v) is 15.2. The van der Waals surface area contributed by atoms with E-state index in [1.165, 1.54) is 0 Å². The zero-order valence-electron chi connectivity index (χ0n) is 13.6. The summed E-state index contributed by atoms with van der Waals surface area (Å²) in [4.78, 5) is 17.8. The molecule has 0 spiro atoms. The van der Waals surface area contributed by atoms with E-state index < -0.39 is 0 Å². The molecule has 0 aliphatic rings. The van der Waals surface area contributed by atoms with Gasteiger partial charge in [0.1, 0.15) is 5.75 Å². The molecule has 0 atom stereocenters. The van der Waals surface area contributed by atoms with Crippen molar-refractivity contribution in [2.45, 2.75) is 5.16 Å². The fraction of sp³-hybridized carbons (Fsp3) is 0.222. The van der Waals surface area contributed by atoms with E-state index in [1.807, 2.05) is 48.5 Å². The van der Waals surface area contributed by atoms with Gasteiger partial charge in [0, 0.05) is 11.5 Å². The number of aromatic nitrogens is 2. The SMILES string of the molecule is COc1ccccc1-n1c(SCCSC)nc2ccccc2c1=O. The van der Waals surface area contributed by atoms with Gasteiger partial charge in [-0.1, -0.05) is 36.0 Å².